The molecular weight excluding hydrogens is 446 g/mol. The maximum Gasteiger partial charge on any atom is 0.239 e. The molecule has 0 radical (unpaired) electrons. The number of hydrogen-bond acceptors (Lipinski definition) is 8. The molecule has 2 heterocycles. The number of amides is 2. The van der Waals surface area contributed by atoms with Crippen LogP contribution >= 0.6 is 23.1 Å². The number of nitrogens with zero attached hydrogens (tertiary/aromatic N) is 5. The highest BCUT2D eigenvalue weighted by Gasteiger charge is 2.22. The number of hydrogen-bond donors (Lipinski definition) is 2. The van der Waals surface area contributed by atoms with Crippen molar-refractivity contribution in [3.8, 4) is 0 Å². The lowest BCUT2D eigenvalue weighted by atomic mass is 10.1. The molecule has 0 spiro atoms. The van der Waals surface area contributed by atoms with Crippen LogP contribution in [0, 0.1) is 13.8 Å². The summed E-state index contributed by atoms with van der Waals surface area (Å²) in [6.45, 7) is 10.4. The molecule has 1 atom stereocenters. The van der Waals surface area contributed by atoms with E-state index in [4.69, 9.17) is 0 Å². The predicted octanol–water partition coefficient (Wildman–Crippen LogP) is 3.63. The van der Waals surface area contributed by atoms with Gasteiger partial charge >= 0.3 is 0 Å². The Hall–Kier alpha value is -2.79. The van der Waals surface area contributed by atoms with Gasteiger partial charge in [-0.05, 0) is 57.4 Å². The summed E-state index contributed by atoms with van der Waals surface area (Å²) in [6.07, 6.45) is 0.872. The molecule has 0 fully saturated rings. The Morgan fingerprint density at radius 3 is 2.53 bits per heavy atom. The van der Waals surface area contributed by atoms with E-state index in [9.17, 15) is 9.59 Å². The van der Waals surface area contributed by atoms with Crippen molar-refractivity contribution in [2.45, 2.75) is 64.4 Å². The van der Waals surface area contributed by atoms with Crippen LogP contribution in [0.5, 0.6) is 0 Å². The third-order valence-electron chi connectivity index (χ3n) is 4.87. The monoisotopic (exact) mass is 473 g/mol. The Morgan fingerprint density at radius 2 is 1.88 bits per heavy atom. The molecule has 0 saturated heterocycles. The number of benzene rings is 1. The molecule has 2 N–H and O–H groups in total. The Morgan fingerprint density at radius 1 is 1.09 bits per heavy atom. The summed E-state index contributed by atoms with van der Waals surface area (Å²) in [7, 11) is 0. The molecule has 2 aromatic heterocycles. The summed E-state index contributed by atoms with van der Waals surface area (Å²) in [6, 6.07) is 5.81. The Balaban J connectivity index is 1.62. The predicted molar refractivity (Wildman–Crippen MR) is 127 cm³/mol. The SMILES string of the molecule is CCc1nnc(NC(=O)[C@H](C)Sc2nnc(CC(=O)Nc3ccc(C)c(C)c3)n2CC)s1. The van der Waals surface area contributed by atoms with Crippen LogP contribution in [-0.4, -0.2) is 42.0 Å². The van der Waals surface area contributed by atoms with E-state index in [0.717, 1.165) is 22.7 Å². The highest BCUT2D eigenvalue weighted by Crippen LogP contribution is 2.25. The van der Waals surface area contributed by atoms with Gasteiger partial charge in [0.25, 0.3) is 0 Å². The molecule has 2 amide bonds. The summed E-state index contributed by atoms with van der Waals surface area (Å²) in [5, 5.41) is 23.6. The van der Waals surface area contributed by atoms with Gasteiger partial charge in [0.05, 0.1) is 11.7 Å². The van der Waals surface area contributed by atoms with Gasteiger partial charge in [-0.2, -0.15) is 0 Å². The average Bonchev–Trinajstić information content (AvgIpc) is 3.37. The zero-order chi connectivity index (χ0) is 23.3. The van der Waals surface area contributed by atoms with Gasteiger partial charge in [-0.3, -0.25) is 14.9 Å². The Bertz CT molecular complexity index is 1110. The van der Waals surface area contributed by atoms with Crippen molar-refractivity contribution in [3.63, 3.8) is 0 Å². The van der Waals surface area contributed by atoms with Crippen molar-refractivity contribution >= 4 is 45.7 Å². The highest BCUT2D eigenvalue weighted by molar-refractivity contribution is 8.00. The third-order valence-corrected chi connectivity index (χ3v) is 6.93. The maximum atomic E-state index is 12.5. The molecule has 11 heteroatoms. The number of rotatable bonds is 9. The van der Waals surface area contributed by atoms with E-state index >= 15 is 0 Å². The largest absolute Gasteiger partial charge is 0.326 e. The van der Waals surface area contributed by atoms with Gasteiger partial charge in [0.15, 0.2) is 5.16 Å². The van der Waals surface area contributed by atoms with Crippen LogP contribution in [0.4, 0.5) is 10.8 Å². The maximum absolute atomic E-state index is 12.5. The molecule has 170 valence electrons. The summed E-state index contributed by atoms with van der Waals surface area (Å²) in [4.78, 5) is 25.1. The van der Waals surface area contributed by atoms with E-state index in [0.29, 0.717) is 22.7 Å². The van der Waals surface area contributed by atoms with Crippen LogP contribution in [0.25, 0.3) is 0 Å². The van der Waals surface area contributed by atoms with Crippen LogP contribution in [0.2, 0.25) is 0 Å². The second kappa shape index (κ2) is 10.7. The normalized spacial score (nSPS) is 11.9. The number of carbonyl (C=O) groups is 2. The number of aryl methyl sites for hydroxylation is 3. The van der Waals surface area contributed by atoms with Crippen LogP contribution in [-0.2, 0) is 29.0 Å². The Labute approximate surface area is 195 Å². The lowest BCUT2D eigenvalue weighted by Crippen LogP contribution is -2.23. The fourth-order valence-electron chi connectivity index (χ4n) is 2.89. The zero-order valence-corrected chi connectivity index (χ0v) is 20.4. The van der Waals surface area contributed by atoms with E-state index < -0.39 is 5.25 Å². The lowest BCUT2D eigenvalue weighted by molar-refractivity contribution is -0.116. The Kier molecular flexibility index (Phi) is 7.97. The minimum atomic E-state index is -0.421. The van der Waals surface area contributed by atoms with Gasteiger partial charge in [-0.15, -0.1) is 20.4 Å². The fraction of sp³-hybridized carbons (Fsp3) is 0.429. The zero-order valence-electron chi connectivity index (χ0n) is 18.8. The van der Waals surface area contributed by atoms with Gasteiger partial charge in [-0.25, -0.2) is 0 Å². The molecule has 9 nitrogen and oxygen atoms in total. The summed E-state index contributed by atoms with van der Waals surface area (Å²) < 4.78 is 1.86. The standard InChI is InChI=1S/C21H27N7O2S2/c1-6-18-25-26-20(32-18)23-19(30)14(5)31-21-27-24-16(28(21)7-2)11-17(29)22-15-9-8-12(3)13(4)10-15/h8-10,14H,6-7,11H2,1-5H3,(H,22,29)(H,23,26,30)/t14-/m0/s1. The first-order chi connectivity index (χ1) is 15.3. The van der Waals surface area contributed by atoms with Gasteiger partial charge in [-0.1, -0.05) is 36.1 Å². The second-order valence-electron chi connectivity index (χ2n) is 7.27. The lowest BCUT2D eigenvalue weighted by Gasteiger charge is -2.12. The van der Waals surface area contributed by atoms with Gasteiger partial charge in [0.1, 0.15) is 10.8 Å². The van der Waals surface area contributed by atoms with Crippen molar-refractivity contribution in [1.29, 1.82) is 0 Å². The minimum absolute atomic E-state index is 0.0967. The van der Waals surface area contributed by atoms with E-state index in [-0.39, 0.29) is 18.2 Å². The van der Waals surface area contributed by atoms with Crippen molar-refractivity contribution in [1.82, 2.24) is 25.0 Å². The van der Waals surface area contributed by atoms with E-state index in [2.05, 4.69) is 31.0 Å². The molecule has 0 saturated carbocycles. The molecule has 0 bridgehead atoms. The van der Waals surface area contributed by atoms with Crippen molar-refractivity contribution in [2.75, 3.05) is 10.6 Å². The first-order valence-corrected chi connectivity index (χ1v) is 12.1. The van der Waals surface area contributed by atoms with E-state index in [1.54, 1.807) is 6.92 Å². The van der Waals surface area contributed by atoms with Gasteiger partial charge in [0, 0.05) is 12.2 Å². The molecule has 0 aliphatic carbocycles. The smallest absolute Gasteiger partial charge is 0.239 e. The summed E-state index contributed by atoms with van der Waals surface area (Å²) in [5.74, 6) is 0.204. The first kappa shape index (κ1) is 23.9. The number of carbonyl (C=O) groups excluding carboxylic acids is 2. The molecule has 0 aliphatic rings. The van der Waals surface area contributed by atoms with Gasteiger partial charge < -0.3 is 9.88 Å². The average molecular weight is 474 g/mol. The minimum Gasteiger partial charge on any atom is -0.326 e. The number of nitrogens with one attached hydrogen (secondary N) is 2. The quantitative estimate of drug-likeness (QED) is 0.456. The third kappa shape index (κ3) is 5.92. The number of aromatic nitrogens is 5. The number of thioether (sulfide) groups is 1. The highest BCUT2D eigenvalue weighted by atomic mass is 32.2. The molecule has 0 aliphatic heterocycles. The van der Waals surface area contributed by atoms with Crippen LogP contribution < -0.4 is 10.6 Å². The molecule has 0 unspecified atom stereocenters. The van der Waals surface area contributed by atoms with Crippen LogP contribution in [0.15, 0.2) is 23.4 Å². The fourth-order valence-corrected chi connectivity index (χ4v) is 4.50. The molecule has 1 aromatic carbocycles. The first-order valence-electron chi connectivity index (χ1n) is 10.4. The van der Waals surface area contributed by atoms with E-state index in [1.165, 1.54) is 28.7 Å². The second-order valence-corrected chi connectivity index (χ2v) is 9.64. The van der Waals surface area contributed by atoms with Gasteiger partial charge in [0.2, 0.25) is 16.9 Å². The van der Waals surface area contributed by atoms with Crippen molar-refractivity contribution in [2.24, 2.45) is 0 Å². The molecule has 3 aromatic rings. The topological polar surface area (TPSA) is 115 Å². The molecular formula is C21H27N7O2S2. The van der Waals surface area contributed by atoms with Crippen molar-refractivity contribution in [3.05, 3.63) is 40.2 Å². The van der Waals surface area contributed by atoms with Crippen molar-refractivity contribution < 1.29 is 9.59 Å². The molecule has 3 rings (SSSR count). The molecule has 32 heavy (non-hydrogen) atoms. The summed E-state index contributed by atoms with van der Waals surface area (Å²) in [5.41, 5.74) is 3.04. The van der Waals surface area contributed by atoms with Crippen LogP contribution in [0.3, 0.4) is 0 Å². The van der Waals surface area contributed by atoms with E-state index in [1.807, 2.05) is 50.5 Å². The van der Waals surface area contributed by atoms with Crippen LogP contribution in [0.1, 0.15) is 42.7 Å². The summed E-state index contributed by atoms with van der Waals surface area (Å²) >= 11 is 2.66. The number of anilines is 2.